The number of hydrogen-bond donors (Lipinski definition) is 1. The molecule has 0 bridgehead atoms. The third-order valence-electron chi connectivity index (χ3n) is 2.81. The Morgan fingerprint density at radius 2 is 1.94 bits per heavy atom. The fraction of sp³-hybridized carbons (Fsp3) is 0.0769. The number of rotatable bonds is 2. The molecule has 18 heavy (non-hydrogen) atoms. The van der Waals surface area contributed by atoms with Crippen molar-refractivity contribution in [3.05, 3.63) is 54.0 Å². The van der Waals surface area contributed by atoms with Gasteiger partial charge in [0.05, 0.1) is 5.56 Å². The molecule has 0 radical (unpaired) electrons. The summed E-state index contributed by atoms with van der Waals surface area (Å²) in [5.41, 5.74) is 7.65. The maximum Gasteiger partial charge on any atom is 0.171 e. The highest BCUT2D eigenvalue weighted by Crippen LogP contribution is 2.21. The van der Waals surface area contributed by atoms with Gasteiger partial charge in [-0.1, -0.05) is 18.2 Å². The van der Waals surface area contributed by atoms with Gasteiger partial charge in [0, 0.05) is 12.7 Å². The molecule has 0 spiro atoms. The van der Waals surface area contributed by atoms with Gasteiger partial charge in [0.1, 0.15) is 5.82 Å². The molecule has 0 aliphatic heterocycles. The van der Waals surface area contributed by atoms with Crippen LogP contribution in [0.4, 0.5) is 4.39 Å². The van der Waals surface area contributed by atoms with Crippen LogP contribution in [0.2, 0.25) is 0 Å². The van der Waals surface area contributed by atoms with Gasteiger partial charge < -0.3 is 5.73 Å². The molecule has 0 aliphatic carbocycles. The minimum absolute atomic E-state index is 0.315. The first kappa shape index (κ1) is 10.9. The predicted octanol–water partition coefficient (Wildman–Crippen LogP) is 1.99. The Balaban J connectivity index is 2.26. The van der Waals surface area contributed by atoms with E-state index in [1.807, 2.05) is 18.3 Å². The molecule has 90 valence electrons. The first-order valence-electron chi connectivity index (χ1n) is 5.58. The molecule has 0 atom stereocenters. The molecule has 0 fully saturated rings. The average molecular weight is 242 g/mol. The molecule has 0 aliphatic rings. The molecule has 0 amide bonds. The summed E-state index contributed by atoms with van der Waals surface area (Å²) in [6, 6.07) is 10.2. The van der Waals surface area contributed by atoms with Crippen LogP contribution < -0.4 is 5.73 Å². The fourth-order valence-electron chi connectivity index (χ4n) is 1.88. The van der Waals surface area contributed by atoms with Gasteiger partial charge in [0.25, 0.3) is 0 Å². The predicted molar refractivity (Wildman–Crippen MR) is 66.3 cm³/mol. The van der Waals surface area contributed by atoms with Crippen molar-refractivity contribution in [3.63, 3.8) is 0 Å². The average Bonchev–Trinajstić information content (AvgIpc) is 2.82. The second kappa shape index (κ2) is 4.19. The van der Waals surface area contributed by atoms with E-state index in [1.54, 1.807) is 22.6 Å². The number of aromatic nitrogens is 3. The second-order valence-corrected chi connectivity index (χ2v) is 3.97. The van der Waals surface area contributed by atoms with Gasteiger partial charge in [-0.05, 0) is 23.8 Å². The van der Waals surface area contributed by atoms with Crippen molar-refractivity contribution in [1.82, 2.24) is 14.6 Å². The van der Waals surface area contributed by atoms with E-state index >= 15 is 0 Å². The topological polar surface area (TPSA) is 56.2 Å². The fourth-order valence-corrected chi connectivity index (χ4v) is 1.88. The number of pyridine rings is 1. The van der Waals surface area contributed by atoms with E-state index in [4.69, 9.17) is 5.73 Å². The normalized spacial score (nSPS) is 11.0. The SMILES string of the molecule is NCc1ccc2nnc(-c3ccccc3F)n2c1. The molecule has 3 rings (SSSR count). The molecule has 5 heteroatoms. The van der Waals surface area contributed by atoms with Crippen LogP contribution in [-0.4, -0.2) is 14.6 Å². The minimum atomic E-state index is -0.315. The summed E-state index contributed by atoms with van der Waals surface area (Å²) in [4.78, 5) is 0. The highest BCUT2D eigenvalue weighted by atomic mass is 19.1. The number of fused-ring (bicyclic) bond motifs is 1. The molecule has 2 heterocycles. The number of nitrogens with zero attached hydrogens (tertiary/aromatic N) is 3. The molecule has 0 saturated heterocycles. The van der Waals surface area contributed by atoms with Gasteiger partial charge in [-0.15, -0.1) is 10.2 Å². The molecule has 0 unspecified atom stereocenters. The first-order chi connectivity index (χ1) is 8.79. The largest absolute Gasteiger partial charge is 0.326 e. The lowest BCUT2D eigenvalue weighted by molar-refractivity contribution is 0.629. The van der Waals surface area contributed by atoms with E-state index in [2.05, 4.69) is 10.2 Å². The van der Waals surface area contributed by atoms with Crippen molar-refractivity contribution in [2.24, 2.45) is 5.73 Å². The Bertz CT molecular complexity index is 705. The number of hydrogen-bond acceptors (Lipinski definition) is 3. The standard InChI is InChI=1S/C13H11FN4/c14-11-4-2-1-3-10(11)13-17-16-12-6-5-9(7-15)8-18(12)13/h1-6,8H,7,15H2. The third-order valence-corrected chi connectivity index (χ3v) is 2.81. The summed E-state index contributed by atoms with van der Waals surface area (Å²) in [7, 11) is 0. The molecular formula is C13H11FN4. The van der Waals surface area contributed by atoms with Gasteiger partial charge in [-0.25, -0.2) is 4.39 Å². The Kier molecular flexibility index (Phi) is 2.53. The lowest BCUT2D eigenvalue weighted by Crippen LogP contribution is -1.99. The molecule has 3 aromatic rings. The molecular weight excluding hydrogens is 231 g/mol. The van der Waals surface area contributed by atoms with Crippen LogP contribution in [0.5, 0.6) is 0 Å². The summed E-state index contributed by atoms with van der Waals surface area (Å²) in [5.74, 6) is 0.170. The summed E-state index contributed by atoms with van der Waals surface area (Å²) < 4.78 is 15.5. The molecule has 1 aromatic carbocycles. The smallest absolute Gasteiger partial charge is 0.171 e. The van der Waals surface area contributed by atoms with Crippen molar-refractivity contribution in [2.75, 3.05) is 0 Å². The molecule has 2 aromatic heterocycles. The third kappa shape index (κ3) is 1.65. The van der Waals surface area contributed by atoms with Crippen LogP contribution in [0.15, 0.2) is 42.6 Å². The number of nitrogens with two attached hydrogens (primary N) is 1. The maximum atomic E-state index is 13.8. The molecule has 4 nitrogen and oxygen atoms in total. The van der Waals surface area contributed by atoms with Gasteiger partial charge in [-0.3, -0.25) is 4.40 Å². The van der Waals surface area contributed by atoms with Crippen molar-refractivity contribution in [3.8, 4) is 11.4 Å². The van der Waals surface area contributed by atoms with Crippen LogP contribution in [0.1, 0.15) is 5.56 Å². The summed E-state index contributed by atoms with van der Waals surface area (Å²) >= 11 is 0. The Labute approximate surface area is 103 Å². The lowest BCUT2D eigenvalue weighted by Gasteiger charge is -2.03. The zero-order chi connectivity index (χ0) is 12.5. The van der Waals surface area contributed by atoms with Crippen LogP contribution in [-0.2, 0) is 6.54 Å². The van der Waals surface area contributed by atoms with Crippen LogP contribution in [0, 0.1) is 5.82 Å². The second-order valence-electron chi connectivity index (χ2n) is 3.97. The van der Waals surface area contributed by atoms with Crippen LogP contribution >= 0.6 is 0 Å². The van der Waals surface area contributed by atoms with Gasteiger partial charge in [0.2, 0.25) is 0 Å². The quantitative estimate of drug-likeness (QED) is 0.747. The van der Waals surface area contributed by atoms with Crippen LogP contribution in [0.3, 0.4) is 0 Å². The highest BCUT2D eigenvalue weighted by molar-refractivity contribution is 5.60. The van der Waals surface area contributed by atoms with E-state index in [1.165, 1.54) is 6.07 Å². The zero-order valence-corrected chi connectivity index (χ0v) is 9.55. The van der Waals surface area contributed by atoms with Gasteiger partial charge in [0.15, 0.2) is 11.5 Å². The summed E-state index contributed by atoms with van der Waals surface area (Å²) in [6.07, 6.45) is 1.83. The monoisotopic (exact) mass is 242 g/mol. The Morgan fingerprint density at radius 3 is 2.72 bits per heavy atom. The van der Waals surface area contributed by atoms with Crippen molar-refractivity contribution < 1.29 is 4.39 Å². The van der Waals surface area contributed by atoms with E-state index in [0.29, 0.717) is 23.6 Å². The highest BCUT2D eigenvalue weighted by Gasteiger charge is 2.11. The van der Waals surface area contributed by atoms with E-state index < -0.39 is 0 Å². The summed E-state index contributed by atoms with van der Waals surface area (Å²) in [5, 5.41) is 8.05. The molecule has 2 N–H and O–H groups in total. The minimum Gasteiger partial charge on any atom is -0.326 e. The van der Waals surface area contributed by atoms with Crippen LogP contribution in [0.25, 0.3) is 17.0 Å². The van der Waals surface area contributed by atoms with E-state index in [-0.39, 0.29) is 5.82 Å². The Hall–Kier alpha value is -2.27. The summed E-state index contributed by atoms with van der Waals surface area (Å²) in [6.45, 7) is 0.421. The zero-order valence-electron chi connectivity index (χ0n) is 9.55. The first-order valence-corrected chi connectivity index (χ1v) is 5.58. The number of benzene rings is 1. The van der Waals surface area contributed by atoms with Gasteiger partial charge >= 0.3 is 0 Å². The van der Waals surface area contributed by atoms with Gasteiger partial charge in [-0.2, -0.15) is 0 Å². The van der Waals surface area contributed by atoms with Crippen molar-refractivity contribution in [2.45, 2.75) is 6.54 Å². The van der Waals surface area contributed by atoms with Crippen molar-refractivity contribution in [1.29, 1.82) is 0 Å². The lowest BCUT2D eigenvalue weighted by atomic mass is 10.2. The van der Waals surface area contributed by atoms with Crippen molar-refractivity contribution >= 4 is 5.65 Å². The maximum absolute atomic E-state index is 13.8. The van der Waals surface area contributed by atoms with E-state index in [0.717, 1.165) is 5.56 Å². The molecule has 0 saturated carbocycles. The van der Waals surface area contributed by atoms with E-state index in [9.17, 15) is 4.39 Å². The Morgan fingerprint density at radius 1 is 1.11 bits per heavy atom. The number of halogens is 1.